The maximum atomic E-state index is 14.1. The van der Waals surface area contributed by atoms with Crippen molar-refractivity contribution in [2.24, 2.45) is 0 Å². The van der Waals surface area contributed by atoms with E-state index in [-0.39, 0.29) is 11.3 Å². The van der Waals surface area contributed by atoms with Crippen LogP contribution in [0.2, 0.25) is 0 Å². The molecule has 0 heterocycles. The van der Waals surface area contributed by atoms with Gasteiger partial charge in [-0.15, -0.1) is 0 Å². The Morgan fingerprint density at radius 2 is 1.69 bits per heavy atom. The molecule has 3 heteroatoms. The molecule has 0 radical (unpaired) electrons. The van der Waals surface area contributed by atoms with Gasteiger partial charge in [0.1, 0.15) is 11.6 Å². The Bertz CT molecular complexity index is 541. The van der Waals surface area contributed by atoms with E-state index in [1.165, 1.54) is 19.9 Å². The van der Waals surface area contributed by atoms with Gasteiger partial charge in [0.15, 0.2) is 0 Å². The van der Waals surface area contributed by atoms with Crippen molar-refractivity contribution in [3.63, 3.8) is 0 Å². The molecule has 0 saturated carbocycles. The van der Waals surface area contributed by atoms with Gasteiger partial charge in [-0.05, 0) is 19.9 Å². The van der Waals surface area contributed by atoms with Crippen LogP contribution in [0, 0.1) is 5.82 Å². The molecule has 0 unspecified atom stereocenters. The van der Waals surface area contributed by atoms with Crippen molar-refractivity contribution in [3.8, 4) is 5.75 Å². The van der Waals surface area contributed by atoms with Crippen molar-refractivity contribution in [1.29, 1.82) is 0 Å². The first kappa shape index (κ1) is 10.9. The molecule has 0 spiro atoms. The average molecular weight is 220 g/mol. The fraction of sp³-hybridized carbons (Fsp3) is 0.231. The van der Waals surface area contributed by atoms with Crippen LogP contribution in [-0.2, 0) is 5.60 Å². The van der Waals surface area contributed by atoms with Crippen LogP contribution in [-0.4, -0.2) is 10.2 Å². The van der Waals surface area contributed by atoms with E-state index in [1.54, 1.807) is 24.3 Å². The third-order valence-corrected chi connectivity index (χ3v) is 2.62. The van der Waals surface area contributed by atoms with Crippen LogP contribution in [0.5, 0.6) is 5.75 Å². The molecule has 2 rings (SSSR count). The summed E-state index contributed by atoms with van der Waals surface area (Å²) in [4.78, 5) is 0. The topological polar surface area (TPSA) is 40.5 Å². The molecular formula is C13H13FO2. The van der Waals surface area contributed by atoms with Gasteiger partial charge < -0.3 is 10.2 Å². The van der Waals surface area contributed by atoms with Crippen molar-refractivity contribution in [2.75, 3.05) is 0 Å². The number of hydrogen-bond acceptors (Lipinski definition) is 2. The minimum Gasteiger partial charge on any atom is -0.507 e. The number of phenolic OH excluding ortho intramolecular Hbond substituents is 1. The summed E-state index contributed by atoms with van der Waals surface area (Å²) in [5, 5.41) is 20.3. The normalized spacial score (nSPS) is 12.0. The van der Waals surface area contributed by atoms with Gasteiger partial charge in [0.2, 0.25) is 0 Å². The molecule has 2 N–H and O–H groups in total. The Hall–Kier alpha value is -1.61. The SMILES string of the molecule is CC(C)(O)c1cc(O)c2ccccc2c1F. The second kappa shape index (κ2) is 3.46. The highest BCUT2D eigenvalue weighted by molar-refractivity contribution is 5.89. The highest BCUT2D eigenvalue weighted by Gasteiger charge is 2.23. The Morgan fingerprint density at radius 1 is 1.12 bits per heavy atom. The van der Waals surface area contributed by atoms with Gasteiger partial charge in [-0.3, -0.25) is 0 Å². The fourth-order valence-electron chi connectivity index (χ4n) is 1.77. The van der Waals surface area contributed by atoms with Gasteiger partial charge in [0.25, 0.3) is 0 Å². The zero-order valence-electron chi connectivity index (χ0n) is 9.16. The fourth-order valence-corrected chi connectivity index (χ4v) is 1.77. The molecule has 0 atom stereocenters. The average Bonchev–Trinajstić information content (AvgIpc) is 2.22. The maximum absolute atomic E-state index is 14.1. The van der Waals surface area contributed by atoms with E-state index in [1.807, 2.05) is 0 Å². The maximum Gasteiger partial charge on any atom is 0.137 e. The highest BCUT2D eigenvalue weighted by atomic mass is 19.1. The lowest BCUT2D eigenvalue weighted by Crippen LogP contribution is -2.17. The van der Waals surface area contributed by atoms with E-state index in [4.69, 9.17) is 0 Å². The van der Waals surface area contributed by atoms with Gasteiger partial charge in [-0.2, -0.15) is 0 Å². The Balaban J connectivity index is 2.86. The van der Waals surface area contributed by atoms with Crippen molar-refractivity contribution in [3.05, 3.63) is 41.7 Å². The van der Waals surface area contributed by atoms with Gasteiger partial charge in [0.05, 0.1) is 5.60 Å². The second-order valence-electron chi connectivity index (χ2n) is 4.36. The number of fused-ring (bicyclic) bond motifs is 1. The summed E-state index contributed by atoms with van der Waals surface area (Å²) in [5.74, 6) is -0.505. The summed E-state index contributed by atoms with van der Waals surface area (Å²) in [6.07, 6.45) is 0. The molecule has 0 aliphatic heterocycles. The standard InChI is InChI=1S/C13H13FO2/c1-13(2,16)10-7-11(15)8-5-3-4-6-9(8)12(10)14/h3-7,15-16H,1-2H3. The molecule has 0 saturated heterocycles. The summed E-state index contributed by atoms with van der Waals surface area (Å²) >= 11 is 0. The number of benzene rings is 2. The molecule has 0 fully saturated rings. The summed E-state index contributed by atoms with van der Waals surface area (Å²) in [5.41, 5.74) is -1.21. The summed E-state index contributed by atoms with van der Waals surface area (Å²) < 4.78 is 14.1. The first-order chi connectivity index (χ1) is 7.41. The number of phenols is 1. The molecule has 0 bridgehead atoms. The largest absolute Gasteiger partial charge is 0.507 e. The van der Waals surface area contributed by atoms with Gasteiger partial charge in [-0.25, -0.2) is 4.39 Å². The predicted octanol–water partition coefficient (Wildman–Crippen LogP) is 2.91. The monoisotopic (exact) mass is 220 g/mol. The van der Waals surface area contributed by atoms with Crippen LogP contribution >= 0.6 is 0 Å². The lowest BCUT2D eigenvalue weighted by atomic mass is 9.94. The van der Waals surface area contributed by atoms with Gasteiger partial charge in [-0.1, -0.05) is 24.3 Å². The van der Waals surface area contributed by atoms with E-state index in [0.29, 0.717) is 10.8 Å². The zero-order valence-corrected chi connectivity index (χ0v) is 9.16. The first-order valence-electron chi connectivity index (χ1n) is 5.04. The van der Waals surface area contributed by atoms with Crippen LogP contribution < -0.4 is 0 Å². The van der Waals surface area contributed by atoms with Crippen molar-refractivity contribution < 1.29 is 14.6 Å². The van der Waals surface area contributed by atoms with Crippen LogP contribution in [0.1, 0.15) is 19.4 Å². The zero-order chi connectivity index (χ0) is 11.9. The molecule has 2 aromatic rings. The summed E-state index contributed by atoms with van der Waals surface area (Å²) in [7, 11) is 0. The number of rotatable bonds is 1. The van der Waals surface area contributed by atoms with Crippen molar-refractivity contribution in [2.45, 2.75) is 19.4 Å². The van der Waals surface area contributed by atoms with Crippen LogP contribution in [0.25, 0.3) is 10.8 Å². The highest BCUT2D eigenvalue weighted by Crippen LogP contribution is 2.34. The first-order valence-corrected chi connectivity index (χ1v) is 5.04. The number of aromatic hydroxyl groups is 1. The lowest BCUT2D eigenvalue weighted by molar-refractivity contribution is 0.0746. The quantitative estimate of drug-likeness (QED) is 0.775. The van der Waals surface area contributed by atoms with E-state index in [2.05, 4.69) is 0 Å². The molecular weight excluding hydrogens is 207 g/mol. The number of halogens is 1. The predicted molar refractivity (Wildman–Crippen MR) is 60.8 cm³/mol. The van der Waals surface area contributed by atoms with E-state index >= 15 is 0 Å². The Labute approximate surface area is 93.0 Å². The summed E-state index contributed by atoms with van der Waals surface area (Å²) in [6, 6.07) is 7.92. The third kappa shape index (κ3) is 1.63. The molecule has 2 nitrogen and oxygen atoms in total. The second-order valence-corrected chi connectivity index (χ2v) is 4.36. The van der Waals surface area contributed by atoms with Crippen LogP contribution in [0.15, 0.2) is 30.3 Å². The molecule has 0 aliphatic carbocycles. The van der Waals surface area contributed by atoms with Crippen LogP contribution in [0.4, 0.5) is 4.39 Å². The van der Waals surface area contributed by atoms with Crippen molar-refractivity contribution in [1.82, 2.24) is 0 Å². The van der Waals surface area contributed by atoms with E-state index in [9.17, 15) is 14.6 Å². The smallest absolute Gasteiger partial charge is 0.137 e. The van der Waals surface area contributed by atoms with Crippen LogP contribution in [0.3, 0.4) is 0 Å². The Kier molecular flexibility index (Phi) is 2.35. The Morgan fingerprint density at radius 3 is 2.25 bits per heavy atom. The molecule has 2 aromatic carbocycles. The lowest BCUT2D eigenvalue weighted by Gasteiger charge is -2.20. The van der Waals surface area contributed by atoms with E-state index < -0.39 is 11.4 Å². The van der Waals surface area contributed by atoms with E-state index in [0.717, 1.165) is 0 Å². The number of aliphatic hydroxyl groups is 1. The van der Waals surface area contributed by atoms with Crippen molar-refractivity contribution >= 4 is 10.8 Å². The molecule has 16 heavy (non-hydrogen) atoms. The molecule has 0 aliphatic rings. The minimum atomic E-state index is -1.31. The molecule has 84 valence electrons. The molecule has 0 amide bonds. The van der Waals surface area contributed by atoms with Gasteiger partial charge >= 0.3 is 0 Å². The minimum absolute atomic E-state index is 0.0193. The number of hydrogen-bond donors (Lipinski definition) is 2. The van der Waals surface area contributed by atoms with Gasteiger partial charge in [0, 0.05) is 16.3 Å². The third-order valence-electron chi connectivity index (χ3n) is 2.62. The summed E-state index contributed by atoms with van der Waals surface area (Å²) in [6.45, 7) is 2.97. The molecule has 0 aromatic heterocycles.